The molecule has 0 radical (unpaired) electrons. The topological polar surface area (TPSA) is 71.0 Å². The Morgan fingerprint density at radius 2 is 1.93 bits per heavy atom. The Kier molecular flexibility index (Phi) is 6.87. The third kappa shape index (κ3) is 4.94. The van der Waals surface area contributed by atoms with E-state index in [0.717, 1.165) is 55.1 Å². The first-order chi connectivity index (χ1) is 14.6. The third-order valence-electron chi connectivity index (χ3n) is 5.89. The zero-order chi connectivity index (χ0) is 20.9. The molecule has 5 nitrogen and oxygen atoms in total. The molecule has 1 fully saturated rings. The Hall–Kier alpha value is -2.15. The third-order valence-corrected chi connectivity index (χ3v) is 6.60. The van der Waals surface area contributed by atoms with Crippen LogP contribution in [0.3, 0.4) is 0 Å². The fourth-order valence-corrected chi connectivity index (χ4v) is 4.38. The molecule has 0 aliphatic carbocycles. The van der Waals surface area contributed by atoms with Crippen molar-refractivity contribution in [3.63, 3.8) is 0 Å². The molecule has 0 saturated carbocycles. The summed E-state index contributed by atoms with van der Waals surface area (Å²) in [7, 11) is 0. The predicted molar refractivity (Wildman–Crippen MR) is 121 cm³/mol. The van der Waals surface area contributed by atoms with E-state index in [9.17, 15) is 5.11 Å². The van der Waals surface area contributed by atoms with Crippen LogP contribution in [0.25, 0.3) is 11.4 Å². The Morgan fingerprint density at radius 3 is 2.57 bits per heavy atom. The molecule has 0 bridgehead atoms. The Morgan fingerprint density at radius 1 is 1.10 bits per heavy atom. The van der Waals surface area contributed by atoms with Crippen molar-refractivity contribution in [1.29, 1.82) is 0 Å². The maximum Gasteiger partial charge on any atom is 0.0864 e. The van der Waals surface area contributed by atoms with Crippen molar-refractivity contribution < 1.29 is 9.84 Å². The fourth-order valence-electron chi connectivity index (χ4n) is 4.02. The van der Waals surface area contributed by atoms with Crippen LogP contribution in [0.2, 0.25) is 0 Å². The van der Waals surface area contributed by atoms with Gasteiger partial charge in [0.05, 0.1) is 17.5 Å². The second-order valence-corrected chi connectivity index (χ2v) is 8.83. The number of aliphatic hydroxyl groups excluding tert-OH is 1. The molecule has 1 aliphatic heterocycles. The number of hydrogen-bond acceptors (Lipinski definition) is 5. The summed E-state index contributed by atoms with van der Waals surface area (Å²) in [5, 5.41) is 9.72. The van der Waals surface area contributed by atoms with E-state index < -0.39 is 6.10 Å². The van der Waals surface area contributed by atoms with Crippen LogP contribution < -0.4 is 0 Å². The van der Waals surface area contributed by atoms with Gasteiger partial charge in [0, 0.05) is 47.8 Å². The van der Waals surface area contributed by atoms with Crippen molar-refractivity contribution in [3.05, 3.63) is 65.7 Å². The first-order valence-electron chi connectivity index (χ1n) is 10.5. The second kappa shape index (κ2) is 9.77. The molecule has 0 aromatic carbocycles. The first kappa shape index (κ1) is 21.1. The maximum absolute atomic E-state index is 9.72. The molecule has 4 rings (SSSR count). The molecule has 2 atom stereocenters. The highest BCUT2D eigenvalue weighted by Gasteiger charge is 2.24. The lowest BCUT2D eigenvalue weighted by Gasteiger charge is -2.26. The van der Waals surface area contributed by atoms with Crippen molar-refractivity contribution in [2.45, 2.75) is 43.1 Å². The molecule has 2 N–H and O–H groups in total. The molecule has 0 spiro atoms. The van der Waals surface area contributed by atoms with E-state index in [4.69, 9.17) is 9.72 Å². The van der Waals surface area contributed by atoms with Gasteiger partial charge in [0.2, 0.25) is 0 Å². The first-order valence-corrected chi connectivity index (χ1v) is 11.8. The highest BCUT2D eigenvalue weighted by Crippen LogP contribution is 2.35. The van der Waals surface area contributed by atoms with Gasteiger partial charge < -0.3 is 14.8 Å². The summed E-state index contributed by atoms with van der Waals surface area (Å²) in [6.07, 6.45) is 8.54. The molecular weight excluding hydrogens is 394 g/mol. The number of rotatable bonds is 7. The molecule has 4 heterocycles. The minimum Gasteiger partial charge on any atom is -0.389 e. The molecule has 158 valence electrons. The zero-order valence-electron chi connectivity index (χ0n) is 17.5. The van der Waals surface area contributed by atoms with E-state index in [1.54, 1.807) is 24.9 Å². The van der Waals surface area contributed by atoms with Crippen LogP contribution in [0, 0.1) is 5.92 Å². The number of nitrogens with zero attached hydrogens (tertiary/aromatic N) is 2. The Balaban J connectivity index is 1.61. The van der Waals surface area contributed by atoms with Crippen molar-refractivity contribution in [2.24, 2.45) is 5.92 Å². The summed E-state index contributed by atoms with van der Waals surface area (Å²) >= 11 is 1.71. The average Bonchev–Trinajstić information content (AvgIpc) is 3.28. The SMILES string of the molecule is CSc1ccc(C(CC2CCOCC2)c2ccc(-c3ccc(C(C)O)cn3)[nH]2)nc1. The number of ether oxygens (including phenoxy) is 1. The number of aromatic nitrogens is 3. The van der Waals surface area contributed by atoms with E-state index >= 15 is 0 Å². The highest BCUT2D eigenvalue weighted by molar-refractivity contribution is 7.98. The standard InChI is InChI=1S/C24H29N3O2S/c1-16(28)18-3-5-23(25-14-18)24-8-7-22(27-24)20(13-17-9-11-29-12-10-17)21-6-4-19(30-2)15-26-21/h3-8,14-17,20,27-28H,9-13H2,1-2H3. The van der Waals surface area contributed by atoms with E-state index in [0.29, 0.717) is 5.92 Å². The fraction of sp³-hybridized carbons (Fsp3) is 0.417. The van der Waals surface area contributed by atoms with Crippen LogP contribution in [0.5, 0.6) is 0 Å². The van der Waals surface area contributed by atoms with Gasteiger partial charge in [-0.2, -0.15) is 0 Å². The normalized spacial score (nSPS) is 17.0. The molecule has 1 aliphatic rings. The molecule has 3 aromatic rings. The van der Waals surface area contributed by atoms with Gasteiger partial charge >= 0.3 is 0 Å². The summed E-state index contributed by atoms with van der Waals surface area (Å²) in [5.74, 6) is 0.857. The minimum atomic E-state index is -0.509. The zero-order valence-corrected chi connectivity index (χ0v) is 18.4. The van der Waals surface area contributed by atoms with Gasteiger partial charge in [0.1, 0.15) is 0 Å². The second-order valence-electron chi connectivity index (χ2n) is 7.95. The van der Waals surface area contributed by atoms with Crippen LogP contribution in [0.4, 0.5) is 0 Å². The van der Waals surface area contributed by atoms with Crippen LogP contribution >= 0.6 is 11.8 Å². The Labute approximate surface area is 182 Å². The molecule has 0 amide bonds. The van der Waals surface area contributed by atoms with Gasteiger partial charge in [-0.15, -0.1) is 11.8 Å². The quantitative estimate of drug-likeness (QED) is 0.511. The number of pyridine rings is 2. The van der Waals surface area contributed by atoms with E-state index in [-0.39, 0.29) is 5.92 Å². The number of nitrogens with one attached hydrogen (secondary N) is 1. The van der Waals surface area contributed by atoms with Crippen molar-refractivity contribution in [2.75, 3.05) is 19.5 Å². The van der Waals surface area contributed by atoms with Gasteiger partial charge in [-0.25, -0.2) is 0 Å². The van der Waals surface area contributed by atoms with Gasteiger partial charge in [-0.1, -0.05) is 6.07 Å². The molecule has 2 unspecified atom stereocenters. The summed E-state index contributed by atoms with van der Waals surface area (Å²) in [5.41, 5.74) is 4.95. The van der Waals surface area contributed by atoms with Crippen molar-refractivity contribution >= 4 is 11.8 Å². The number of thioether (sulfide) groups is 1. The van der Waals surface area contributed by atoms with Gasteiger partial charge in [0.25, 0.3) is 0 Å². The number of aliphatic hydroxyl groups is 1. The smallest absolute Gasteiger partial charge is 0.0864 e. The van der Waals surface area contributed by atoms with Crippen LogP contribution in [-0.2, 0) is 4.74 Å². The molecular formula is C24H29N3O2S. The summed E-state index contributed by atoms with van der Waals surface area (Å²) in [4.78, 5) is 14.1. The van der Waals surface area contributed by atoms with Crippen molar-refractivity contribution in [1.82, 2.24) is 15.0 Å². The lowest BCUT2D eigenvalue weighted by Crippen LogP contribution is -2.19. The Bertz CT molecular complexity index is 932. The van der Waals surface area contributed by atoms with Crippen molar-refractivity contribution in [3.8, 4) is 11.4 Å². The largest absolute Gasteiger partial charge is 0.389 e. The van der Waals surface area contributed by atoms with Crippen LogP contribution in [0.15, 0.2) is 53.7 Å². The summed E-state index contributed by atoms with van der Waals surface area (Å²) < 4.78 is 5.56. The summed E-state index contributed by atoms with van der Waals surface area (Å²) in [6, 6.07) is 12.4. The van der Waals surface area contributed by atoms with E-state index in [1.807, 2.05) is 18.3 Å². The molecule has 3 aromatic heterocycles. The van der Waals surface area contributed by atoms with E-state index in [1.165, 1.54) is 10.6 Å². The average molecular weight is 424 g/mol. The number of hydrogen-bond donors (Lipinski definition) is 2. The lowest BCUT2D eigenvalue weighted by atomic mass is 9.85. The summed E-state index contributed by atoms with van der Waals surface area (Å²) in [6.45, 7) is 3.46. The highest BCUT2D eigenvalue weighted by atomic mass is 32.2. The lowest BCUT2D eigenvalue weighted by molar-refractivity contribution is 0.0625. The molecule has 30 heavy (non-hydrogen) atoms. The molecule has 6 heteroatoms. The molecule has 1 saturated heterocycles. The van der Waals surface area contributed by atoms with Gasteiger partial charge in [0.15, 0.2) is 0 Å². The van der Waals surface area contributed by atoms with E-state index in [2.05, 4.69) is 40.5 Å². The van der Waals surface area contributed by atoms with Gasteiger partial charge in [-0.3, -0.25) is 9.97 Å². The minimum absolute atomic E-state index is 0.217. The van der Waals surface area contributed by atoms with Crippen LogP contribution in [0.1, 0.15) is 55.2 Å². The maximum atomic E-state index is 9.72. The number of H-pyrrole nitrogens is 1. The van der Waals surface area contributed by atoms with Crippen LogP contribution in [-0.4, -0.2) is 39.5 Å². The number of aromatic amines is 1. The van der Waals surface area contributed by atoms with Gasteiger partial charge in [-0.05, 0) is 74.3 Å². The monoisotopic (exact) mass is 423 g/mol. The predicted octanol–water partition coefficient (Wildman–Crippen LogP) is 5.20.